The SMILES string of the molecule is Cc1c(CN[C@H]2CC[C@@H](F)C2)nn(C)c1-c1cc(F)cc(Cl)c1. The first-order valence-corrected chi connectivity index (χ1v) is 8.18. The van der Waals surface area contributed by atoms with Gasteiger partial charge < -0.3 is 5.32 Å². The normalized spacial score (nSPS) is 21.1. The highest BCUT2D eigenvalue weighted by Gasteiger charge is 2.24. The average Bonchev–Trinajstić information content (AvgIpc) is 2.99. The molecule has 2 atom stereocenters. The van der Waals surface area contributed by atoms with Crippen LogP contribution in [0.3, 0.4) is 0 Å². The number of nitrogens with one attached hydrogen (secondary N) is 1. The van der Waals surface area contributed by atoms with Crippen molar-refractivity contribution in [1.29, 1.82) is 0 Å². The van der Waals surface area contributed by atoms with E-state index in [1.165, 1.54) is 12.1 Å². The van der Waals surface area contributed by atoms with E-state index in [9.17, 15) is 8.78 Å². The van der Waals surface area contributed by atoms with Gasteiger partial charge in [0, 0.05) is 30.2 Å². The second-order valence-electron chi connectivity index (χ2n) is 6.19. The summed E-state index contributed by atoms with van der Waals surface area (Å²) in [6, 6.07) is 4.68. The Morgan fingerprint density at radius 1 is 1.35 bits per heavy atom. The summed E-state index contributed by atoms with van der Waals surface area (Å²) in [5.74, 6) is -0.368. The second-order valence-corrected chi connectivity index (χ2v) is 6.63. The molecule has 3 nitrogen and oxygen atoms in total. The zero-order valence-corrected chi connectivity index (χ0v) is 14.0. The van der Waals surface area contributed by atoms with E-state index in [1.54, 1.807) is 10.7 Å². The van der Waals surface area contributed by atoms with Gasteiger partial charge in [0.25, 0.3) is 0 Å². The molecular weight excluding hydrogens is 320 g/mol. The summed E-state index contributed by atoms with van der Waals surface area (Å²) in [7, 11) is 1.83. The van der Waals surface area contributed by atoms with E-state index in [4.69, 9.17) is 11.6 Å². The fourth-order valence-corrected chi connectivity index (χ4v) is 3.52. The summed E-state index contributed by atoms with van der Waals surface area (Å²) < 4.78 is 28.6. The highest BCUT2D eigenvalue weighted by Crippen LogP contribution is 2.29. The lowest BCUT2D eigenvalue weighted by molar-refractivity contribution is 0.333. The van der Waals surface area contributed by atoms with Crippen LogP contribution < -0.4 is 5.32 Å². The molecule has 6 heteroatoms. The van der Waals surface area contributed by atoms with Crippen LogP contribution in [0.1, 0.15) is 30.5 Å². The molecule has 1 N–H and O–H groups in total. The van der Waals surface area contributed by atoms with Gasteiger partial charge in [0.2, 0.25) is 0 Å². The summed E-state index contributed by atoms with van der Waals surface area (Å²) in [6.45, 7) is 2.55. The Kier molecular flexibility index (Phi) is 4.69. The van der Waals surface area contributed by atoms with Gasteiger partial charge in [0.1, 0.15) is 12.0 Å². The first-order chi connectivity index (χ1) is 10.9. The number of aromatic nitrogens is 2. The van der Waals surface area contributed by atoms with Crippen LogP contribution in [0.5, 0.6) is 0 Å². The summed E-state index contributed by atoms with van der Waals surface area (Å²) in [5, 5.41) is 8.25. The lowest BCUT2D eigenvalue weighted by Gasteiger charge is -2.10. The van der Waals surface area contributed by atoms with Crippen LogP contribution in [0.25, 0.3) is 11.3 Å². The largest absolute Gasteiger partial charge is 0.308 e. The molecule has 0 bridgehead atoms. The predicted octanol–water partition coefficient (Wildman–Crippen LogP) is 4.17. The number of halogens is 3. The maximum absolute atomic E-state index is 13.6. The molecule has 124 valence electrons. The minimum absolute atomic E-state index is 0.207. The third-order valence-corrected chi connectivity index (χ3v) is 4.66. The molecule has 0 aliphatic heterocycles. The lowest BCUT2D eigenvalue weighted by atomic mass is 10.1. The van der Waals surface area contributed by atoms with Gasteiger partial charge in [-0.15, -0.1) is 0 Å². The number of hydrogen-bond acceptors (Lipinski definition) is 2. The first kappa shape index (κ1) is 16.4. The molecule has 1 fully saturated rings. The van der Waals surface area contributed by atoms with E-state index in [0.717, 1.165) is 23.4 Å². The topological polar surface area (TPSA) is 29.9 Å². The molecule has 0 amide bonds. The molecule has 0 saturated heterocycles. The predicted molar refractivity (Wildman–Crippen MR) is 87.7 cm³/mol. The van der Waals surface area contributed by atoms with Gasteiger partial charge in [0.05, 0.1) is 11.4 Å². The molecule has 0 unspecified atom stereocenters. The van der Waals surface area contributed by atoms with Gasteiger partial charge in [-0.2, -0.15) is 5.10 Å². The van der Waals surface area contributed by atoms with Crippen molar-refractivity contribution >= 4 is 11.6 Å². The van der Waals surface area contributed by atoms with Crippen molar-refractivity contribution in [2.75, 3.05) is 0 Å². The monoisotopic (exact) mass is 339 g/mol. The van der Waals surface area contributed by atoms with Gasteiger partial charge in [-0.25, -0.2) is 8.78 Å². The standard InChI is InChI=1S/C17H20ClF2N3/c1-10-16(9-21-15-4-3-13(19)8-15)22-23(2)17(10)11-5-12(18)7-14(20)6-11/h5-7,13,15,21H,3-4,8-9H2,1-2H3/t13-,15+/m1/s1. The van der Waals surface area contributed by atoms with Crippen molar-refractivity contribution in [1.82, 2.24) is 15.1 Å². The van der Waals surface area contributed by atoms with Gasteiger partial charge in [-0.1, -0.05) is 11.6 Å². The molecule has 0 spiro atoms. The van der Waals surface area contributed by atoms with Crippen LogP contribution in [-0.2, 0) is 13.6 Å². The number of aryl methyl sites for hydroxylation is 1. The van der Waals surface area contributed by atoms with Crippen molar-refractivity contribution in [3.05, 3.63) is 40.3 Å². The summed E-state index contributed by atoms with van der Waals surface area (Å²) in [6.07, 6.45) is 1.37. The number of benzene rings is 1. The molecule has 1 aliphatic rings. The quantitative estimate of drug-likeness (QED) is 0.906. The Bertz CT molecular complexity index is 694. The maximum atomic E-state index is 13.6. The maximum Gasteiger partial charge on any atom is 0.125 e. The summed E-state index contributed by atoms with van der Waals surface area (Å²) >= 11 is 5.95. The van der Waals surface area contributed by atoms with Crippen molar-refractivity contribution in [3.8, 4) is 11.3 Å². The van der Waals surface area contributed by atoms with Gasteiger partial charge >= 0.3 is 0 Å². The van der Waals surface area contributed by atoms with Gasteiger partial charge in [-0.05, 0) is 49.9 Å². The lowest BCUT2D eigenvalue weighted by Crippen LogP contribution is -2.26. The van der Waals surface area contributed by atoms with E-state index in [2.05, 4.69) is 10.4 Å². The molecule has 2 aromatic rings. The Labute approximate surface area is 139 Å². The van der Waals surface area contributed by atoms with E-state index in [-0.39, 0.29) is 11.9 Å². The molecule has 23 heavy (non-hydrogen) atoms. The molecule has 1 aliphatic carbocycles. The fourth-order valence-electron chi connectivity index (χ4n) is 3.30. The van der Waals surface area contributed by atoms with Crippen LogP contribution in [0.4, 0.5) is 8.78 Å². The molecule has 1 heterocycles. The van der Waals surface area contributed by atoms with E-state index in [0.29, 0.717) is 30.0 Å². The zero-order chi connectivity index (χ0) is 16.6. The average molecular weight is 340 g/mol. The number of hydrogen-bond donors (Lipinski definition) is 1. The number of nitrogens with zero attached hydrogens (tertiary/aromatic N) is 2. The van der Waals surface area contributed by atoms with Crippen LogP contribution in [0.15, 0.2) is 18.2 Å². The third-order valence-electron chi connectivity index (χ3n) is 4.45. The smallest absolute Gasteiger partial charge is 0.125 e. The summed E-state index contributed by atoms with van der Waals surface area (Å²) in [4.78, 5) is 0. The van der Waals surface area contributed by atoms with Gasteiger partial charge in [0.15, 0.2) is 0 Å². The molecule has 3 rings (SSSR count). The molecule has 0 radical (unpaired) electrons. The van der Waals surface area contributed by atoms with Crippen molar-refractivity contribution in [3.63, 3.8) is 0 Å². The minimum atomic E-state index is -0.692. The number of alkyl halides is 1. The molecule has 1 aromatic heterocycles. The molecule has 1 saturated carbocycles. The van der Waals surface area contributed by atoms with Crippen molar-refractivity contribution < 1.29 is 8.78 Å². The van der Waals surface area contributed by atoms with Crippen LogP contribution in [0.2, 0.25) is 5.02 Å². The number of rotatable bonds is 4. The Morgan fingerprint density at radius 3 is 2.78 bits per heavy atom. The minimum Gasteiger partial charge on any atom is -0.308 e. The Morgan fingerprint density at radius 2 is 2.13 bits per heavy atom. The van der Waals surface area contributed by atoms with Crippen LogP contribution in [0, 0.1) is 12.7 Å². The molecule has 1 aromatic carbocycles. The van der Waals surface area contributed by atoms with Crippen molar-refractivity contribution in [2.24, 2.45) is 7.05 Å². The van der Waals surface area contributed by atoms with E-state index >= 15 is 0 Å². The highest BCUT2D eigenvalue weighted by molar-refractivity contribution is 6.30. The third kappa shape index (κ3) is 3.56. The summed E-state index contributed by atoms with van der Waals surface area (Å²) in [5.41, 5.74) is 3.43. The Balaban J connectivity index is 1.81. The van der Waals surface area contributed by atoms with E-state index in [1.807, 2.05) is 14.0 Å². The fraction of sp³-hybridized carbons (Fsp3) is 0.471. The van der Waals surface area contributed by atoms with Crippen LogP contribution >= 0.6 is 11.6 Å². The van der Waals surface area contributed by atoms with Crippen molar-refractivity contribution in [2.45, 2.75) is 44.9 Å². The van der Waals surface area contributed by atoms with Gasteiger partial charge in [-0.3, -0.25) is 4.68 Å². The first-order valence-electron chi connectivity index (χ1n) is 7.80. The van der Waals surface area contributed by atoms with E-state index < -0.39 is 6.17 Å². The molecular formula is C17H20ClF2N3. The second kappa shape index (κ2) is 6.57. The zero-order valence-electron chi connectivity index (χ0n) is 13.2. The Hall–Kier alpha value is -1.46. The van der Waals surface area contributed by atoms with Crippen LogP contribution in [-0.4, -0.2) is 22.0 Å². The highest BCUT2D eigenvalue weighted by atomic mass is 35.5.